The van der Waals surface area contributed by atoms with Gasteiger partial charge in [0.05, 0.1) is 6.42 Å². The van der Waals surface area contributed by atoms with Crippen molar-refractivity contribution in [2.24, 2.45) is 5.92 Å². The number of rotatable bonds is 4. The maximum atomic E-state index is 12.5. The Morgan fingerprint density at radius 1 is 1.48 bits per heavy atom. The van der Waals surface area contributed by atoms with E-state index in [9.17, 15) is 18.0 Å². The molecule has 3 rings (SSSR count). The molecule has 0 saturated heterocycles. The van der Waals surface area contributed by atoms with Gasteiger partial charge in [0.2, 0.25) is 0 Å². The Bertz CT molecular complexity index is 664. The fourth-order valence-electron chi connectivity index (χ4n) is 2.22. The van der Waals surface area contributed by atoms with E-state index in [1.807, 2.05) is 0 Å². The highest BCUT2D eigenvalue weighted by Crippen LogP contribution is 2.37. The van der Waals surface area contributed by atoms with Gasteiger partial charge < -0.3 is 5.32 Å². The summed E-state index contributed by atoms with van der Waals surface area (Å²) >= 11 is 0. The van der Waals surface area contributed by atoms with E-state index in [1.165, 1.54) is 22.8 Å². The Hall–Kier alpha value is -2.19. The van der Waals surface area contributed by atoms with Crippen LogP contribution < -0.4 is 5.32 Å². The number of alkyl halides is 3. The SMILES string of the molecule is O=C(NC(CC(F)(F)F)C1CC1)c1ccn2nnnc2c1. The number of carbonyl (C=O) groups is 1. The third-order valence-corrected chi connectivity index (χ3v) is 3.42. The summed E-state index contributed by atoms with van der Waals surface area (Å²) < 4.78 is 39.0. The van der Waals surface area contributed by atoms with Gasteiger partial charge in [-0.15, -0.1) is 5.10 Å². The van der Waals surface area contributed by atoms with Crippen molar-refractivity contribution >= 4 is 11.6 Å². The van der Waals surface area contributed by atoms with E-state index >= 15 is 0 Å². The summed E-state index contributed by atoms with van der Waals surface area (Å²) in [5.74, 6) is -0.629. The van der Waals surface area contributed by atoms with E-state index in [4.69, 9.17) is 0 Å². The van der Waals surface area contributed by atoms with E-state index in [1.54, 1.807) is 0 Å². The molecular weight excluding hydrogens is 287 g/mol. The van der Waals surface area contributed by atoms with Crippen molar-refractivity contribution in [1.82, 2.24) is 25.4 Å². The Morgan fingerprint density at radius 3 is 2.90 bits per heavy atom. The molecule has 21 heavy (non-hydrogen) atoms. The average Bonchev–Trinajstić information content (AvgIpc) is 3.14. The van der Waals surface area contributed by atoms with Gasteiger partial charge in [-0.25, -0.2) is 4.52 Å². The summed E-state index contributed by atoms with van der Waals surface area (Å²) in [6, 6.07) is 2.04. The molecule has 9 heteroatoms. The first-order valence-electron chi connectivity index (χ1n) is 6.48. The van der Waals surface area contributed by atoms with Crippen LogP contribution in [0.25, 0.3) is 5.65 Å². The first-order chi connectivity index (χ1) is 9.92. The third-order valence-electron chi connectivity index (χ3n) is 3.42. The first-order valence-corrected chi connectivity index (χ1v) is 6.48. The number of aromatic nitrogens is 4. The molecule has 1 fully saturated rings. The Labute approximate surface area is 117 Å². The maximum Gasteiger partial charge on any atom is 0.391 e. The number of tetrazole rings is 1. The van der Waals surface area contributed by atoms with Gasteiger partial charge >= 0.3 is 6.18 Å². The second-order valence-electron chi connectivity index (χ2n) is 5.13. The van der Waals surface area contributed by atoms with E-state index in [2.05, 4.69) is 20.8 Å². The molecule has 0 aromatic carbocycles. The number of pyridine rings is 1. The van der Waals surface area contributed by atoms with Crippen molar-refractivity contribution in [3.8, 4) is 0 Å². The van der Waals surface area contributed by atoms with Gasteiger partial charge in [0.25, 0.3) is 5.91 Å². The van der Waals surface area contributed by atoms with Crippen LogP contribution in [0.2, 0.25) is 0 Å². The Morgan fingerprint density at radius 2 is 2.24 bits per heavy atom. The molecule has 1 aliphatic rings. The quantitative estimate of drug-likeness (QED) is 0.930. The molecule has 0 aliphatic heterocycles. The van der Waals surface area contributed by atoms with E-state index in [0.717, 1.165) is 0 Å². The molecule has 6 nitrogen and oxygen atoms in total. The molecule has 1 saturated carbocycles. The molecular formula is C12H12F3N5O. The van der Waals surface area contributed by atoms with Crippen LogP contribution in [0.3, 0.4) is 0 Å². The second kappa shape index (κ2) is 4.97. The van der Waals surface area contributed by atoms with Crippen LogP contribution in [-0.2, 0) is 0 Å². The third kappa shape index (κ3) is 3.29. The lowest BCUT2D eigenvalue weighted by Crippen LogP contribution is -2.39. The minimum atomic E-state index is -4.29. The highest BCUT2D eigenvalue weighted by Gasteiger charge is 2.40. The smallest absolute Gasteiger partial charge is 0.349 e. The van der Waals surface area contributed by atoms with Crippen molar-refractivity contribution in [2.45, 2.75) is 31.5 Å². The van der Waals surface area contributed by atoms with Gasteiger partial charge in [0, 0.05) is 17.8 Å². The second-order valence-corrected chi connectivity index (χ2v) is 5.13. The maximum absolute atomic E-state index is 12.5. The standard InChI is InChI=1S/C12H12F3N5O/c13-12(14,15)6-9(7-1-2-7)16-11(21)8-3-4-20-10(5-8)17-18-19-20/h3-5,7,9H,1-2,6H2,(H,16,21). The van der Waals surface area contributed by atoms with E-state index in [-0.39, 0.29) is 11.5 Å². The molecule has 0 bridgehead atoms. The molecule has 2 aromatic rings. The molecule has 2 aromatic heterocycles. The van der Waals surface area contributed by atoms with Crippen LogP contribution in [0, 0.1) is 5.92 Å². The molecule has 1 N–H and O–H groups in total. The number of nitrogens with one attached hydrogen (secondary N) is 1. The lowest BCUT2D eigenvalue weighted by molar-refractivity contribution is -0.140. The van der Waals surface area contributed by atoms with Gasteiger partial charge in [0.1, 0.15) is 0 Å². The highest BCUT2D eigenvalue weighted by atomic mass is 19.4. The predicted molar refractivity (Wildman–Crippen MR) is 65.4 cm³/mol. The number of amides is 1. The number of nitrogens with zero attached hydrogens (tertiary/aromatic N) is 4. The molecule has 1 atom stereocenters. The van der Waals surface area contributed by atoms with Crippen molar-refractivity contribution in [2.75, 3.05) is 0 Å². The topological polar surface area (TPSA) is 72.2 Å². The van der Waals surface area contributed by atoms with Gasteiger partial charge in [-0.3, -0.25) is 4.79 Å². The minimum absolute atomic E-state index is 0.0888. The molecule has 0 spiro atoms. The van der Waals surface area contributed by atoms with Gasteiger partial charge in [0.15, 0.2) is 5.65 Å². The zero-order chi connectivity index (χ0) is 15.0. The van der Waals surface area contributed by atoms with Crippen molar-refractivity contribution in [3.63, 3.8) is 0 Å². The summed E-state index contributed by atoms with van der Waals surface area (Å²) in [6.45, 7) is 0. The minimum Gasteiger partial charge on any atom is -0.349 e. The Kier molecular flexibility index (Phi) is 3.26. The van der Waals surface area contributed by atoms with Crippen LogP contribution in [0.1, 0.15) is 29.6 Å². The summed E-state index contributed by atoms with van der Waals surface area (Å²) in [5, 5.41) is 13.2. The first kappa shape index (κ1) is 13.8. The fraction of sp³-hybridized carbons (Fsp3) is 0.500. The lowest BCUT2D eigenvalue weighted by Gasteiger charge is -2.19. The van der Waals surface area contributed by atoms with Crippen molar-refractivity contribution in [3.05, 3.63) is 23.9 Å². The molecule has 0 radical (unpaired) electrons. The highest BCUT2D eigenvalue weighted by molar-refractivity contribution is 5.95. The van der Waals surface area contributed by atoms with Crippen LogP contribution in [0.4, 0.5) is 13.2 Å². The number of halogens is 3. The zero-order valence-corrected chi connectivity index (χ0v) is 10.8. The monoisotopic (exact) mass is 299 g/mol. The number of hydrogen-bond acceptors (Lipinski definition) is 4. The number of hydrogen-bond donors (Lipinski definition) is 1. The normalized spacial score (nSPS) is 16.9. The molecule has 1 unspecified atom stereocenters. The van der Waals surface area contributed by atoms with Crippen LogP contribution in [0.15, 0.2) is 18.3 Å². The summed E-state index contributed by atoms with van der Waals surface area (Å²) in [7, 11) is 0. The summed E-state index contributed by atoms with van der Waals surface area (Å²) in [6.07, 6.45) is -2.37. The average molecular weight is 299 g/mol. The zero-order valence-electron chi connectivity index (χ0n) is 10.8. The van der Waals surface area contributed by atoms with Gasteiger partial charge in [-0.1, -0.05) is 0 Å². The number of fused-ring (bicyclic) bond motifs is 1. The van der Waals surface area contributed by atoms with Crippen molar-refractivity contribution in [1.29, 1.82) is 0 Å². The van der Waals surface area contributed by atoms with E-state index in [0.29, 0.717) is 18.5 Å². The molecule has 2 heterocycles. The van der Waals surface area contributed by atoms with Gasteiger partial charge in [-0.2, -0.15) is 13.2 Å². The lowest BCUT2D eigenvalue weighted by atomic mass is 10.1. The molecule has 112 valence electrons. The number of carbonyl (C=O) groups excluding carboxylic acids is 1. The molecule has 1 aliphatic carbocycles. The fourth-order valence-corrected chi connectivity index (χ4v) is 2.22. The largest absolute Gasteiger partial charge is 0.391 e. The van der Waals surface area contributed by atoms with Crippen LogP contribution >= 0.6 is 0 Å². The van der Waals surface area contributed by atoms with Crippen LogP contribution in [0.5, 0.6) is 0 Å². The van der Waals surface area contributed by atoms with E-state index < -0.39 is 24.5 Å². The summed E-state index contributed by atoms with van der Waals surface area (Å²) in [4.78, 5) is 12.1. The van der Waals surface area contributed by atoms with Crippen LogP contribution in [-0.4, -0.2) is 38.2 Å². The van der Waals surface area contributed by atoms with Gasteiger partial charge in [-0.05, 0) is 41.3 Å². The molecule has 1 amide bonds. The Balaban J connectivity index is 1.74. The summed E-state index contributed by atoms with van der Waals surface area (Å²) in [5.41, 5.74) is 0.603. The predicted octanol–water partition coefficient (Wildman–Crippen LogP) is 1.59. The van der Waals surface area contributed by atoms with Crippen molar-refractivity contribution < 1.29 is 18.0 Å².